The highest BCUT2D eigenvalue weighted by Crippen LogP contribution is 2.23. The number of carbonyl (C=O) groups excluding carboxylic acids is 1. The van der Waals surface area contributed by atoms with Gasteiger partial charge in [0, 0.05) is 10.6 Å². The maximum Gasteiger partial charge on any atom is 0.312 e. The first kappa shape index (κ1) is 21.4. The van der Waals surface area contributed by atoms with Crippen LogP contribution >= 0.6 is 11.6 Å². The number of aromatic nitrogens is 5. The van der Waals surface area contributed by atoms with Crippen molar-refractivity contribution in [3.05, 3.63) is 62.4 Å². The minimum atomic E-state index is -0.560. The van der Waals surface area contributed by atoms with Crippen molar-refractivity contribution in [2.45, 2.75) is 33.9 Å². The number of nitrogens with one attached hydrogen (secondary N) is 1. The van der Waals surface area contributed by atoms with Crippen molar-refractivity contribution in [2.75, 3.05) is 5.32 Å². The van der Waals surface area contributed by atoms with Gasteiger partial charge in [-0.3, -0.25) is 24.9 Å². The van der Waals surface area contributed by atoms with Crippen LogP contribution < -0.4 is 5.32 Å². The molecule has 2 aromatic heterocycles. The number of benzene rings is 1. The SMILES string of the molecule is Cc1nn(CC(C)C(=O)Nc2ncn(Cc3c(F)cccc3Cl)n2)c(C)c1[N+](=O)[O-]. The number of rotatable bonds is 7. The van der Waals surface area contributed by atoms with E-state index in [1.807, 2.05) is 0 Å². The third-order valence-electron chi connectivity index (χ3n) is 4.57. The first-order valence-electron chi connectivity index (χ1n) is 8.99. The maximum absolute atomic E-state index is 13.9. The zero-order chi connectivity index (χ0) is 22.0. The van der Waals surface area contributed by atoms with E-state index >= 15 is 0 Å². The summed E-state index contributed by atoms with van der Waals surface area (Å²) in [6, 6.07) is 4.38. The topological polar surface area (TPSA) is 121 Å². The van der Waals surface area contributed by atoms with Crippen molar-refractivity contribution >= 4 is 29.1 Å². The highest BCUT2D eigenvalue weighted by atomic mass is 35.5. The molecule has 0 fully saturated rings. The molecular weight excluding hydrogens is 417 g/mol. The smallest absolute Gasteiger partial charge is 0.293 e. The summed E-state index contributed by atoms with van der Waals surface area (Å²) in [7, 11) is 0. The van der Waals surface area contributed by atoms with Gasteiger partial charge in [0.25, 0.3) is 0 Å². The number of hydrogen-bond acceptors (Lipinski definition) is 6. The van der Waals surface area contributed by atoms with Crippen LogP contribution in [0.15, 0.2) is 24.5 Å². The molecule has 0 saturated heterocycles. The number of amides is 1. The van der Waals surface area contributed by atoms with E-state index in [-0.39, 0.29) is 46.9 Å². The Morgan fingerprint density at radius 1 is 1.37 bits per heavy atom. The number of carbonyl (C=O) groups is 1. The zero-order valence-electron chi connectivity index (χ0n) is 16.5. The van der Waals surface area contributed by atoms with E-state index in [1.54, 1.807) is 26.8 Å². The van der Waals surface area contributed by atoms with Gasteiger partial charge in [-0.1, -0.05) is 24.6 Å². The Morgan fingerprint density at radius 2 is 2.10 bits per heavy atom. The molecule has 3 rings (SSSR count). The average molecular weight is 436 g/mol. The fourth-order valence-electron chi connectivity index (χ4n) is 2.98. The predicted octanol–water partition coefficient (Wildman–Crippen LogP) is 3.12. The van der Waals surface area contributed by atoms with Crippen LogP contribution in [0.25, 0.3) is 0 Å². The van der Waals surface area contributed by atoms with Gasteiger partial charge in [-0.25, -0.2) is 14.1 Å². The Balaban J connectivity index is 1.65. The Kier molecular flexibility index (Phi) is 6.11. The van der Waals surface area contributed by atoms with Crippen molar-refractivity contribution in [2.24, 2.45) is 5.92 Å². The van der Waals surface area contributed by atoms with Crippen LogP contribution in [0, 0.1) is 35.7 Å². The van der Waals surface area contributed by atoms with E-state index in [4.69, 9.17) is 11.6 Å². The molecule has 2 heterocycles. The molecule has 0 aliphatic heterocycles. The molecule has 1 atom stereocenters. The monoisotopic (exact) mass is 435 g/mol. The van der Waals surface area contributed by atoms with Crippen molar-refractivity contribution < 1.29 is 14.1 Å². The summed E-state index contributed by atoms with van der Waals surface area (Å²) in [6.07, 6.45) is 1.35. The van der Waals surface area contributed by atoms with Crippen LogP contribution in [0.2, 0.25) is 5.02 Å². The number of nitrogens with zero attached hydrogens (tertiary/aromatic N) is 6. The first-order valence-corrected chi connectivity index (χ1v) is 9.36. The average Bonchev–Trinajstić information content (AvgIpc) is 3.22. The number of halogens is 2. The molecule has 1 amide bonds. The first-order chi connectivity index (χ1) is 14.2. The molecule has 12 heteroatoms. The van der Waals surface area contributed by atoms with Gasteiger partial charge in [-0.2, -0.15) is 5.10 Å². The van der Waals surface area contributed by atoms with E-state index in [0.29, 0.717) is 5.69 Å². The van der Waals surface area contributed by atoms with Gasteiger partial charge in [-0.15, -0.1) is 5.10 Å². The van der Waals surface area contributed by atoms with E-state index in [0.717, 1.165) is 0 Å². The van der Waals surface area contributed by atoms with Crippen molar-refractivity contribution in [3.8, 4) is 0 Å². The minimum Gasteiger partial charge on any atom is -0.293 e. The van der Waals surface area contributed by atoms with Crippen molar-refractivity contribution in [1.29, 1.82) is 0 Å². The molecular formula is C18H19ClFN7O3. The fraction of sp³-hybridized carbons (Fsp3) is 0.333. The Labute approximate surface area is 175 Å². The van der Waals surface area contributed by atoms with Gasteiger partial charge in [0.1, 0.15) is 23.5 Å². The summed E-state index contributed by atoms with van der Waals surface area (Å²) in [5.74, 6) is -1.35. The molecule has 1 unspecified atom stereocenters. The van der Waals surface area contributed by atoms with Crippen LogP contribution in [0.5, 0.6) is 0 Å². The molecule has 10 nitrogen and oxygen atoms in total. The van der Waals surface area contributed by atoms with Gasteiger partial charge in [0.15, 0.2) is 0 Å². The highest BCUT2D eigenvalue weighted by Gasteiger charge is 2.24. The third-order valence-corrected chi connectivity index (χ3v) is 4.93. The van der Waals surface area contributed by atoms with Crippen LogP contribution in [0.1, 0.15) is 23.9 Å². The summed E-state index contributed by atoms with van der Waals surface area (Å²) in [4.78, 5) is 27.1. The maximum atomic E-state index is 13.9. The van der Waals surface area contributed by atoms with Gasteiger partial charge in [0.05, 0.1) is 23.9 Å². The lowest BCUT2D eigenvalue weighted by atomic mass is 10.1. The van der Waals surface area contributed by atoms with E-state index in [9.17, 15) is 19.3 Å². The Hall–Kier alpha value is -3.34. The fourth-order valence-corrected chi connectivity index (χ4v) is 3.20. The minimum absolute atomic E-state index is 0.0543. The van der Waals surface area contributed by atoms with Crippen LogP contribution in [0.3, 0.4) is 0 Å². The molecule has 0 spiro atoms. The number of nitro groups is 1. The van der Waals surface area contributed by atoms with E-state index in [2.05, 4.69) is 20.5 Å². The van der Waals surface area contributed by atoms with Crippen LogP contribution in [0.4, 0.5) is 16.0 Å². The molecule has 1 N–H and O–H groups in total. The molecule has 0 radical (unpaired) electrons. The molecule has 0 bridgehead atoms. The van der Waals surface area contributed by atoms with Crippen LogP contribution in [-0.4, -0.2) is 35.4 Å². The Morgan fingerprint density at radius 3 is 2.73 bits per heavy atom. The van der Waals surface area contributed by atoms with Gasteiger partial charge in [-0.05, 0) is 26.0 Å². The second-order valence-electron chi connectivity index (χ2n) is 6.81. The second-order valence-corrected chi connectivity index (χ2v) is 7.22. The molecule has 0 aliphatic carbocycles. The predicted molar refractivity (Wildman–Crippen MR) is 107 cm³/mol. The lowest BCUT2D eigenvalue weighted by Crippen LogP contribution is -2.26. The molecule has 158 valence electrons. The summed E-state index contributed by atoms with van der Waals surface area (Å²) in [6.45, 7) is 5.00. The largest absolute Gasteiger partial charge is 0.312 e. The Bertz CT molecular complexity index is 1090. The van der Waals surface area contributed by atoms with Crippen LogP contribution in [-0.2, 0) is 17.9 Å². The van der Waals surface area contributed by atoms with E-state index in [1.165, 1.54) is 27.8 Å². The molecule has 1 aromatic carbocycles. The number of aryl methyl sites for hydroxylation is 1. The lowest BCUT2D eigenvalue weighted by molar-refractivity contribution is -0.386. The summed E-state index contributed by atoms with van der Waals surface area (Å²) < 4.78 is 16.7. The quantitative estimate of drug-likeness (QED) is 0.449. The normalized spacial score (nSPS) is 12.0. The third kappa shape index (κ3) is 4.46. The summed E-state index contributed by atoms with van der Waals surface area (Å²) in [5.41, 5.74) is 0.870. The number of anilines is 1. The standard InChI is InChI=1S/C18H19ClFN7O3/c1-10(7-26-12(3)16(27(29)30)11(2)23-26)17(28)22-18-21-9-25(24-18)8-13-14(19)5-4-6-15(13)20/h4-6,9-10H,7-8H2,1-3H3,(H,22,24,28). The van der Waals surface area contributed by atoms with Crippen molar-refractivity contribution in [3.63, 3.8) is 0 Å². The molecule has 30 heavy (non-hydrogen) atoms. The zero-order valence-corrected chi connectivity index (χ0v) is 17.2. The van der Waals surface area contributed by atoms with Gasteiger partial charge < -0.3 is 0 Å². The van der Waals surface area contributed by atoms with Gasteiger partial charge in [0.2, 0.25) is 11.9 Å². The number of hydrogen-bond donors (Lipinski definition) is 1. The second kappa shape index (κ2) is 8.57. The van der Waals surface area contributed by atoms with Gasteiger partial charge >= 0.3 is 5.69 Å². The highest BCUT2D eigenvalue weighted by molar-refractivity contribution is 6.31. The summed E-state index contributed by atoms with van der Waals surface area (Å²) >= 11 is 6.01. The lowest BCUT2D eigenvalue weighted by Gasteiger charge is -2.11. The van der Waals surface area contributed by atoms with E-state index < -0.39 is 16.7 Å². The van der Waals surface area contributed by atoms with Crippen molar-refractivity contribution in [1.82, 2.24) is 24.5 Å². The molecule has 0 saturated carbocycles. The molecule has 0 aliphatic rings. The molecule has 3 aromatic rings. The summed E-state index contributed by atoms with van der Waals surface area (Å²) in [5, 5.41) is 22.2.